The lowest BCUT2D eigenvalue weighted by Gasteiger charge is -2.31. The van der Waals surface area contributed by atoms with Crippen LogP contribution in [0.3, 0.4) is 0 Å². The van der Waals surface area contributed by atoms with Gasteiger partial charge in [-0.05, 0) is 32.2 Å². The van der Waals surface area contributed by atoms with Crippen LogP contribution in [0.15, 0.2) is 12.4 Å². The average Bonchev–Trinajstić information content (AvgIpc) is 2.89. The van der Waals surface area contributed by atoms with Crippen molar-refractivity contribution < 1.29 is 0 Å². The number of hydrogen-bond acceptors (Lipinski definition) is 3. The Hall–Kier alpha value is -1.03. The van der Waals surface area contributed by atoms with Crippen LogP contribution in [0.5, 0.6) is 0 Å². The van der Waals surface area contributed by atoms with Crippen LogP contribution in [0, 0.1) is 5.92 Å². The molecule has 88 valence electrons. The Kier molecular flexibility index (Phi) is 2.59. The molecule has 0 aromatic carbocycles. The zero-order chi connectivity index (χ0) is 11.0. The van der Waals surface area contributed by atoms with Gasteiger partial charge in [0.1, 0.15) is 0 Å². The molecule has 0 aliphatic carbocycles. The van der Waals surface area contributed by atoms with Gasteiger partial charge < -0.3 is 10.2 Å². The van der Waals surface area contributed by atoms with E-state index in [9.17, 15) is 0 Å². The number of nitrogens with one attached hydrogen (secondary N) is 1. The molecular formula is C12H20N4. The van der Waals surface area contributed by atoms with Crippen LogP contribution >= 0.6 is 0 Å². The van der Waals surface area contributed by atoms with E-state index < -0.39 is 0 Å². The van der Waals surface area contributed by atoms with Crippen LogP contribution in [0.4, 0.5) is 5.69 Å². The molecular weight excluding hydrogens is 200 g/mol. The van der Waals surface area contributed by atoms with E-state index in [4.69, 9.17) is 0 Å². The molecule has 3 heterocycles. The average molecular weight is 220 g/mol. The molecule has 1 aromatic heterocycles. The Morgan fingerprint density at radius 1 is 1.44 bits per heavy atom. The van der Waals surface area contributed by atoms with Crippen molar-refractivity contribution in [3.05, 3.63) is 12.4 Å². The van der Waals surface area contributed by atoms with Crippen LogP contribution in [0.1, 0.15) is 19.8 Å². The molecule has 0 amide bonds. The lowest BCUT2D eigenvalue weighted by molar-refractivity contribution is 0.255. The van der Waals surface area contributed by atoms with E-state index in [1.54, 1.807) is 0 Å². The quantitative estimate of drug-likeness (QED) is 0.836. The fourth-order valence-corrected chi connectivity index (χ4v) is 2.97. The second kappa shape index (κ2) is 4.09. The molecule has 0 saturated carbocycles. The summed E-state index contributed by atoms with van der Waals surface area (Å²) in [4.78, 5) is 2.58. The lowest BCUT2D eigenvalue weighted by atomic mass is 9.94. The Morgan fingerprint density at radius 3 is 3.12 bits per heavy atom. The van der Waals surface area contributed by atoms with Gasteiger partial charge in [0.2, 0.25) is 0 Å². The molecule has 3 rings (SSSR count). The Bertz CT molecular complexity index is 360. The van der Waals surface area contributed by atoms with Gasteiger partial charge in [0, 0.05) is 31.9 Å². The van der Waals surface area contributed by atoms with Crippen molar-refractivity contribution in [3.63, 3.8) is 0 Å². The van der Waals surface area contributed by atoms with Crippen LogP contribution in [0.2, 0.25) is 0 Å². The highest BCUT2D eigenvalue weighted by Crippen LogP contribution is 2.29. The molecule has 1 aromatic rings. The first-order chi connectivity index (χ1) is 7.85. The number of aromatic nitrogens is 2. The second-order valence-electron chi connectivity index (χ2n) is 4.97. The van der Waals surface area contributed by atoms with E-state index in [-0.39, 0.29) is 0 Å². The summed E-state index contributed by atoms with van der Waals surface area (Å²) >= 11 is 0. The number of anilines is 1. The third-order valence-corrected chi connectivity index (χ3v) is 3.94. The first kappa shape index (κ1) is 10.1. The molecule has 0 spiro atoms. The number of aryl methyl sites for hydroxylation is 1. The minimum absolute atomic E-state index is 0.660. The van der Waals surface area contributed by atoms with Gasteiger partial charge in [-0.2, -0.15) is 5.10 Å². The van der Waals surface area contributed by atoms with Crippen molar-refractivity contribution in [1.29, 1.82) is 0 Å². The fraction of sp³-hybridized carbons (Fsp3) is 0.750. The second-order valence-corrected chi connectivity index (χ2v) is 4.97. The summed E-state index contributed by atoms with van der Waals surface area (Å²) in [6, 6.07) is 0.660. The maximum atomic E-state index is 4.31. The number of fused-ring (bicyclic) bond motifs is 2. The van der Waals surface area contributed by atoms with Crippen LogP contribution in [0.25, 0.3) is 0 Å². The number of nitrogens with zero attached hydrogens (tertiary/aromatic N) is 3. The molecule has 16 heavy (non-hydrogen) atoms. The van der Waals surface area contributed by atoms with Gasteiger partial charge in [0.15, 0.2) is 0 Å². The molecule has 4 nitrogen and oxygen atoms in total. The summed E-state index contributed by atoms with van der Waals surface area (Å²) in [5.41, 5.74) is 1.19. The van der Waals surface area contributed by atoms with Gasteiger partial charge in [-0.25, -0.2) is 0 Å². The predicted octanol–water partition coefficient (Wildman–Crippen LogP) is 1.41. The summed E-state index contributed by atoms with van der Waals surface area (Å²) in [6.07, 6.45) is 6.70. The Labute approximate surface area is 96.6 Å². The number of hydrogen-bond donors (Lipinski definition) is 1. The zero-order valence-electron chi connectivity index (χ0n) is 9.89. The van der Waals surface area contributed by atoms with Gasteiger partial charge in [0.05, 0.1) is 11.9 Å². The minimum atomic E-state index is 0.660. The van der Waals surface area contributed by atoms with E-state index in [1.807, 2.05) is 10.9 Å². The first-order valence-electron chi connectivity index (χ1n) is 6.36. The van der Waals surface area contributed by atoms with Crippen molar-refractivity contribution in [2.45, 2.75) is 32.4 Å². The van der Waals surface area contributed by atoms with Gasteiger partial charge in [-0.15, -0.1) is 0 Å². The first-order valence-corrected chi connectivity index (χ1v) is 6.36. The molecule has 2 bridgehead atoms. The molecule has 2 saturated heterocycles. The normalized spacial score (nSPS) is 32.9. The van der Waals surface area contributed by atoms with Gasteiger partial charge in [-0.1, -0.05) is 0 Å². The minimum Gasteiger partial charge on any atom is -0.379 e. The topological polar surface area (TPSA) is 33.1 Å². The van der Waals surface area contributed by atoms with E-state index in [2.05, 4.69) is 28.4 Å². The maximum Gasteiger partial charge on any atom is 0.0728 e. The van der Waals surface area contributed by atoms with Gasteiger partial charge >= 0.3 is 0 Å². The predicted molar refractivity (Wildman–Crippen MR) is 64.5 cm³/mol. The molecule has 0 radical (unpaired) electrons. The van der Waals surface area contributed by atoms with E-state index in [0.29, 0.717) is 6.04 Å². The highest BCUT2D eigenvalue weighted by Gasteiger charge is 2.34. The summed E-state index contributed by atoms with van der Waals surface area (Å²) < 4.78 is 1.98. The summed E-state index contributed by atoms with van der Waals surface area (Å²) in [7, 11) is 0. The fourth-order valence-electron chi connectivity index (χ4n) is 2.97. The highest BCUT2D eigenvalue weighted by atomic mass is 15.3. The van der Waals surface area contributed by atoms with Crippen molar-refractivity contribution in [2.75, 3.05) is 25.0 Å². The molecule has 2 aliphatic rings. The summed E-state index contributed by atoms with van der Waals surface area (Å²) in [5, 5.41) is 7.96. The molecule has 4 heteroatoms. The maximum absolute atomic E-state index is 4.31. The van der Waals surface area contributed by atoms with Crippen molar-refractivity contribution in [2.24, 2.45) is 5.92 Å². The van der Waals surface area contributed by atoms with Crippen molar-refractivity contribution >= 4 is 5.69 Å². The lowest BCUT2D eigenvalue weighted by Crippen LogP contribution is -2.39. The van der Waals surface area contributed by atoms with E-state index in [0.717, 1.165) is 12.5 Å². The number of piperidine rings is 1. The molecule has 1 N–H and O–H groups in total. The van der Waals surface area contributed by atoms with E-state index >= 15 is 0 Å². The van der Waals surface area contributed by atoms with E-state index in [1.165, 1.54) is 38.2 Å². The Morgan fingerprint density at radius 2 is 2.31 bits per heavy atom. The van der Waals surface area contributed by atoms with Gasteiger partial charge in [-0.3, -0.25) is 4.68 Å². The SMILES string of the molecule is CCn1cc(NC2CCN3CCC2C3)cn1. The molecule has 2 aliphatic heterocycles. The monoisotopic (exact) mass is 220 g/mol. The highest BCUT2D eigenvalue weighted by molar-refractivity contribution is 5.39. The number of rotatable bonds is 3. The molecule has 3 unspecified atom stereocenters. The summed E-state index contributed by atoms with van der Waals surface area (Å²) in [6.45, 7) is 6.92. The Balaban J connectivity index is 1.65. The van der Waals surface area contributed by atoms with Crippen LogP contribution in [-0.2, 0) is 6.54 Å². The summed E-state index contributed by atoms with van der Waals surface area (Å²) in [5.74, 6) is 0.846. The van der Waals surface area contributed by atoms with Crippen molar-refractivity contribution in [3.8, 4) is 0 Å². The van der Waals surface area contributed by atoms with Crippen LogP contribution < -0.4 is 5.32 Å². The third kappa shape index (κ3) is 1.82. The standard InChI is InChI=1S/C12H20N4/c1-2-16-9-11(7-13-16)14-12-4-6-15-5-3-10(12)8-15/h7,9-10,12,14H,2-6,8H2,1H3. The largest absolute Gasteiger partial charge is 0.379 e. The van der Waals surface area contributed by atoms with Gasteiger partial charge in [0.25, 0.3) is 0 Å². The zero-order valence-corrected chi connectivity index (χ0v) is 9.89. The third-order valence-electron chi connectivity index (χ3n) is 3.94. The van der Waals surface area contributed by atoms with Crippen LogP contribution in [-0.4, -0.2) is 40.4 Å². The van der Waals surface area contributed by atoms with Crippen molar-refractivity contribution in [1.82, 2.24) is 14.7 Å². The smallest absolute Gasteiger partial charge is 0.0728 e. The molecule has 3 atom stereocenters. The molecule has 2 fully saturated rings.